The quantitative estimate of drug-likeness (QED) is 0.604. The van der Waals surface area contributed by atoms with Gasteiger partial charge in [-0.15, -0.1) is 0 Å². The zero-order valence-corrected chi connectivity index (χ0v) is 19.9. The van der Waals surface area contributed by atoms with Gasteiger partial charge in [0.05, 0.1) is 22.9 Å². The average molecular weight is 469 g/mol. The van der Waals surface area contributed by atoms with E-state index in [4.69, 9.17) is 4.74 Å². The standard InChI is InChI=1S/C21H28N2O6S2/c1-15(16-6-9-18(10-7-16)30(5,25)26)22-21(24)13-8-17-14-19(11-12-20(17)29-4)31(27,28)23(2)3/h6-7,9-12,14-15H,8,13H2,1-5H3,(H,22,24)/t15-/m0/s1. The Morgan fingerprint density at radius 1 is 1.03 bits per heavy atom. The summed E-state index contributed by atoms with van der Waals surface area (Å²) in [4.78, 5) is 12.8. The number of benzene rings is 2. The number of carbonyl (C=O) groups is 1. The normalized spacial score (nSPS) is 13.1. The third kappa shape index (κ3) is 6.28. The lowest BCUT2D eigenvalue weighted by atomic mass is 10.1. The molecule has 0 fully saturated rings. The third-order valence-electron chi connectivity index (χ3n) is 4.84. The Hall–Kier alpha value is -2.43. The van der Waals surface area contributed by atoms with Crippen LogP contribution in [0.2, 0.25) is 0 Å². The van der Waals surface area contributed by atoms with Gasteiger partial charge in [-0.1, -0.05) is 12.1 Å². The summed E-state index contributed by atoms with van der Waals surface area (Å²) in [6, 6.07) is 10.6. The van der Waals surface area contributed by atoms with Crippen molar-refractivity contribution in [2.24, 2.45) is 0 Å². The van der Waals surface area contributed by atoms with Crippen LogP contribution >= 0.6 is 0 Å². The molecule has 1 amide bonds. The van der Waals surface area contributed by atoms with Gasteiger partial charge in [0.1, 0.15) is 5.75 Å². The zero-order valence-electron chi connectivity index (χ0n) is 18.2. The minimum Gasteiger partial charge on any atom is -0.496 e. The fourth-order valence-corrected chi connectivity index (χ4v) is 4.55. The number of nitrogens with zero attached hydrogens (tertiary/aromatic N) is 1. The molecule has 0 spiro atoms. The first-order valence-corrected chi connectivity index (χ1v) is 12.9. The van der Waals surface area contributed by atoms with Crippen LogP contribution in [-0.2, 0) is 31.1 Å². The molecule has 0 unspecified atom stereocenters. The number of hydrogen-bond acceptors (Lipinski definition) is 6. The largest absolute Gasteiger partial charge is 0.496 e. The average Bonchev–Trinajstić information content (AvgIpc) is 2.71. The number of hydrogen-bond donors (Lipinski definition) is 1. The number of nitrogens with one attached hydrogen (secondary N) is 1. The van der Waals surface area contributed by atoms with E-state index in [1.54, 1.807) is 25.1 Å². The Labute approximate surface area is 184 Å². The highest BCUT2D eigenvalue weighted by atomic mass is 32.2. The topological polar surface area (TPSA) is 110 Å². The van der Waals surface area contributed by atoms with E-state index in [1.165, 1.54) is 45.5 Å². The molecule has 1 N–H and O–H groups in total. The van der Waals surface area contributed by atoms with E-state index in [1.807, 2.05) is 0 Å². The number of carbonyl (C=O) groups excluding carboxylic acids is 1. The van der Waals surface area contributed by atoms with Crippen molar-refractivity contribution in [2.75, 3.05) is 27.5 Å². The van der Waals surface area contributed by atoms with Crippen LogP contribution in [0.5, 0.6) is 5.75 Å². The first-order valence-electron chi connectivity index (χ1n) is 9.55. The van der Waals surface area contributed by atoms with Gasteiger partial charge in [-0.05, 0) is 54.8 Å². The van der Waals surface area contributed by atoms with Crippen LogP contribution in [0.1, 0.15) is 30.5 Å². The summed E-state index contributed by atoms with van der Waals surface area (Å²) in [6.45, 7) is 1.80. The molecule has 10 heteroatoms. The predicted octanol–water partition coefficient (Wildman–Crippen LogP) is 2.16. The lowest BCUT2D eigenvalue weighted by molar-refractivity contribution is -0.121. The maximum absolute atomic E-state index is 12.4. The molecule has 0 aliphatic carbocycles. The molecule has 0 aliphatic heterocycles. The second kappa shape index (κ2) is 9.80. The molecule has 0 heterocycles. The molecular formula is C21H28N2O6S2. The molecule has 0 aliphatic rings. The van der Waals surface area contributed by atoms with Crippen LogP contribution in [0.15, 0.2) is 52.3 Å². The fraction of sp³-hybridized carbons (Fsp3) is 0.381. The molecule has 31 heavy (non-hydrogen) atoms. The minimum atomic E-state index is -3.60. The van der Waals surface area contributed by atoms with Gasteiger partial charge >= 0.3 is 0 Å². The van der Waals surface area contributed by atoms with Crippen molar-refractivity contribution in [3.8, 4) is 5.75 Å². The van der Waals surface area contributed by atoms with Crippen LogP contribution in [0, 0.1) is 0 Å². The molecule has 0 radical (unpaired) electrons. The molecule has 0 aromatic heterocycles. The van der Waals surface area contributed by atoms with E-state index in [0.717, 1.165) is 16.1 Å². The molecule has 2 rings (SSSR count). The van der Waals surface area contributed by atoms with Crippen molar-refractivity contribution >= 4 is 25.8 Å². The Morgan fingerprint density at radius 3 is 2.13 bits per heavy atom. The number of sulfonamides is 1. The predicted molar refractivity (Wildman–Crippen MR) is 118 cm³/mol. The van der Waals surface area contributed by atoms with Gasteiger partial charge in [-0.2, -0.15) is 0 Å². The molecule has 0 bridgehead atoms. The number of methoxy groups -OCH3 is 1. The highest BCUT2D eigenvalue weighted by Crippen LogP contribution is 2.25. The molecular weight excluding hydrogens is 440 g/mol. The van der Waals surface area contributed by atoms with Gasteiger partial charge < -0.3 is 10.1 Å². The van der Waals surface area contributed by atoms with E-state index in [-0.39, 0.29) is 28.2 Å². The molecule has 2 aromatic carbocycles. The van der Waals surface area contributed by atoms with E-state index >= 15 is 0 Å². The van der Waals surface area contributed by atoms with Crippen molar-refractivity contribution in [1.29, 1.82) is 0 Å². The van der Waals surface area contributed by atoms with Gasteiger partial charge in [0, 0.05) is 26.8 Å². The highest BCUT2D eigenvalue weighted by Gasteiger charge is 2.19. The molecule has 1 atom stereocenters. The fourth-order valence-electron chi connectivity index (χ4n) is 2.97. The van der Waals surface area contributed by atoms with Gasteiger partial charge in [-0.3, -0.25) is 4.79 Å². The number of aryl methyl sites for hydroxylation is 1. The van der Waals surface area contributed by atoms with Gasteiger partial charge in [0.2, 0.25) is 15.9 Å². The SMILES string of the molecule is COc1ccc(S(=O)(=O)N(C)C)cc1CCC(=O)N[C@@H](C)c1ccc(S(C)(=O)=O)cc1. The molecule has 0 saturated heterocycles. The molecule has 170 valence electrons. The van der Waals surface area contributed by atoms with Crippen LogP contribution in [0.3, 0.4) is 0 Å². The second-order valence-corrected chi connectivity index (χ2v) is 11.6. The summed E-state index contributed by atoms with van der Waals surface area (Å²) >= 11 is 0. The number of rotatable bonds is 9. The molecule has 0 saturated carbocycles. The van der Waals surface area contributed by atoms with Gasteiger partial charge in [-0.25, -0.2) is 21.1 Å². The summed E-state index contributed by atoms with van der Waals surface area (Å²) in [7, 11) is -2.48. The van der Waals surface area contributed by atoms with E-state index < -0.39 is 19.9 Å². The van der Waals surface area contributed by atoms with Crippen LogP contribution in [0.4, 0.5) is 0 Å². The monoisotopic (exact) mass is 468 g/mol. The van der Waals surface area contributed by atoms with E-state index in [0.29, 0.717) is 17.7 Å². The minimum absolute atomic E-state index is 0.132. The maximum atomic E-state index is 12.4. The first kappa shape index (κ1) is 24.8. The van der Waals surface area contributed by atoms with Crippen molar-refractivity contribution < 1.29 is 26.4 Å². The Balaban J connectivity index is 2.08. The van der Waals surface area contributed by atoms with Crippen molar-refractivity contribution in [1.82, 2.24) is 9.62 Å². The molecule has 8 nitrogen and oxygen atoms in total. The van der Waals surface area contributed by atoms with E-state index in [2.05, 4.69) is 5.32 Å². The summed E-state index contributed by atoms with van der Waals surface area (Å²) in [5.74, 6) is 0.289. The number of sulfone groups is 1. The van der Waals surface area contributed by atoms with Crippen LogP contribution < -0.4 is 10.1 Å². The summed E-state index contributed by atoms with van der Waals surface area (Å²) < 4.78 is 54.3. The van der Waals surface area contributed by atoms with E-state index in [9.17, 15) is 21.6 Å². The lowest BCUT2D eigenvalue weighted by Gasteiger charge is -2.16. The van der Waals surface area contributed by atoms with Crippen LogP contribution in [0.25, 0.3) is 0 Å². The lowest BCUT2D eigenvalue weighted by Crippen LogP contribution is -2.27. The molecule has 2 aromatic rings. The van der Waals surface area contributed by atoms with Gasteiger partial charge in [0.15, 0.2) is 9.84 Å². The Morgan fingerprint density at radius 2 is 1.61 bits per heavy atom. The van der Waals surface area contributed by atoms with Crippen molar-refractivity contribution in [3.63, 3.8) is 0 Å². The van der Waals surface area contributed by atoms with Crippen molar-refractivity contribution in [2.45, 2.75) is 35.6 Å². The second-order valence-electron chi connectivity index (χ2n) is 7.39. The first-order chi connectivity index (χ1) is 14.4. The summed E-state index contributed by atoms with van der Waals surface area (Å²) in [5, 5.41) is 2.87. The number of amides is 1. The van der Waals surface area contributed by atoms with Crippen LogP contribution in [-0.4, -0.2) is 54.5 Å². The van der Waals surface area contributed by atoms with Crippen molar-refractivity contribution in [3.05, 3.63) is 53.6 Å². The smallest absolute Gasteiger partial charge is 0.242 e. The maximum Gasteiger partial charge on any atom is 0.242 e. The third-order valence-corrected chi connectivity index (χ3v) is 7.78. The summed E-state index contributed by atoms with van der Waals surface area (Å²) in [5.41, 5.74) is 1.39. The van der Waals surface area contributed by atoms with Gasteiger partial charge in [0.25, 0.3) is 0 Å². The highest BCUT2D eigenvalue weighted by molar-refractivity contribution is 7.90. The number of ether oxygens (including phenoxy) is 1. The Kier molecular flexibility index (Phi) is 7.85. The Bertz CT molecular complexity index is 1140. The summed E-state index contributed by atoms with van der Waals surface area (Å²) in [6.07, 6.45) is 1.57. The zero-order chi connectivity index (χ0) is 23.4.